The molecule has 2 aromatic carbocycles. The van der Waals surface area contributed by atoms with E-state index < -0.39 is 17.8 Å². The molecule has 7 nitrogen and oxygen atoms in total. The number of ether oxygens (including phenoxy) is 1. The Balaban J connectivity index is 1.70. The van der Waals surface area contributed by atoms with E-state index in [1.54, 1.807) is 24.3 Å². The highest BCUT2D eigenvalue weighted by Gasteiger charge is 2.38. The first-order valence-electron chi connectivity index (χ1n) is 10.0. The lowest BCUT2D eigenvalue weighted by molar-refractivity contribution is -0.122. The van der Waals surface area contributed by atoms with Crippen LogP contribution in [0.15, 0.2) is 48.0 Å². The molecule has 4 amide bonds. The number of benzene rings is 2. The molecular formula is C23H23N3O4. The summed E-state index contributed by atoms with van der Waals surface area (Å²) in [7, 11) is 0. The van der Waals surface area contributed by atoms with Crippen LogP contribution in [0.3, 0.4) is 0 Å². The number of nitrogens with one attached hydrogen (secondary N) is 1. The molecule has 0 aliphatic carbocycles. The summed E-state index contributed by atoms with van der Waals surface area (Å²) in [5.41, 5.74) is 3.32. The number of likely N-dealkylation sites (N-methyl/N-ethyl adjacent to an activating group) is 1. The highest BCUT2D eigenvalue weighted by atomic mass is 16.5. The van der Waals surface area contributed by atoms with E-state index in [-0.39, 0.29) is 5.57 Å². The predicted molar refractivity (Wildman–Crippen MR) is 115 cm³/mol. The molecule has 0 saturated carbocycles. The van der Waals surface area contributed by atoms with Crippen LogP contribution < -0.4 is 19.9 Å². The van der Waals surface area contributed by atoms with Gasteiger partial charge in [-0.05, 0) is 61.7 Å². The Morgan fingerprint density at radius 2 is 1.87 bits per heavy atom. The maximum atomic E-state index is 13.2. The molecule has 0 aromatic heterocycles. The molecule has 2 aliphatic heterocycles. The van der Waals surface area contributed by atoms with Crippen LogP contribution in [0.1, 0.15) is 25.0 Å². The average molecular weight is 405 g/mol. The maximum Gasteiger partial charge on any atom is 0.336 e. The number of urea groups is 1. The first-order chi connectivity index (χ1) is 14.5. The minimum Gasteiger partial charge on any atom is -0.492 e. The van der Waals surface area contributed by atoms with Gasteiger partial charge in [-0.2, -0.15) is 0 Å². The minimum atomic E-state index is -0.790. The van der Waals surface area contributed by atoms with Gasteiger partial charge in [0, 0.05) is 18.8 Å². The molecule has 0 radical (unpaired) electrons. The van der Waals surface area contributed by atoms with Gasteiger partial charge >= 0.3 is 6.03 Å². The smallest absolute Gasteiger partial charge is 0.336 e. The molecule has 30 heavy (non-hydrogen) atoms. The number of imide groups is 2. The average Bonchev–Trinajstić information content (AvgIpc) is 3.15. The van der Waals surface area contributed by atoms with E-state index in [9.17, 15) is 14.4 Å². The lowest BCUT2D eigenvalue weighted by atomic mass is 10.0. The van der Waals surface area contributed by atoms with Gasteiger partial charge in [-0.25, -0.2) is 9.69 Å². The molecule has 2 heterocycles. The SMILES string of the molecule is CCOc1ccccc1N1C(=O)NC(=O)C(=Cc2ccc3c(c2)CCN3CC)C1=O. The van der Waals surface area contributed by atoms with Crippen molar-refractivity contribution in [1.82, 2.24) is 5.32 Å². The molecular weight excluding hydrogens is 382 g/mol. The second-order valence-corrected chi connectivity index (χ2v) is 7.08. The van der Waals surface area contributed by atoms with E-state index >= 15 is 0 Å². The zero-order chi connectivity index (χ0) is 21.3. The third-order valence-corrected chi connectivity index (χ3v) is 5.30. The second kappa shape index (κ2) is 8.02. The normalized spacial score (nSPS) is 17.4. The van der Waals surface area contributed by atoms with Gasteiger partial charge in [0.05, 0.1) is 12.3 Å². The molecule has 4 rings (SSSR count). The fourth-order valence-corrected chi connectivity index (χ4v) is 3.87. The number of hydrogen-bond donors (Lipinski definition) is 1. The van der Waals surface area contributed by atoms with Gasteiger partial charge in [0.25, 0.3) is 11.8 Å². The summed E-state index contributed by atoms with van der Waals surface area (Å²) < 4.78 is 5.56. The molecule has 1 N–H and O–H groups in total. The van der Waals surface area contributed by atoms with E-state index in [1.807, 2.05) is 25.1 Å². The summed E-state index contributed by atoms with van der Waals surface area (Å²) in [5.74, 6) is -0.980. The van der Waals surface area contributed by atoms with E-state index in [0.29, 0.717) is 18.0 Å². The van der Waals surface area contributed by atoms with Crippen molar-refractivity contribution < 1.29 is 19.1 Å². The van der Waals surface area contributed by atoms with Crippen molar-refractivity contribution in [3.8, 4) is 5.75 Å². The van der Waals surface area contributed by atoms with Gasteiger partial charge in [-0.1, -0.05) is 18.2 Å². The van der Waals surface area contributed by atoms with Crippen LogP contribution >= 0.6 is 0 Å². The van der Waals surface area contributed by atoms with Crippen LogP contribution in [0.2, 0.25) is 0 Å². The van der Waals surface area contributed by atoms with Gasteiger partial charge in [0.2, 0.25) is 0 Å². The largest absolute Gasteiger partial charge is 0.492 e. The van der Waals surface area contributed by atoms with Gasteiger partial charge in [0.1, 0.15) is 11.3 Å². The number of nitrogens with zero attached hydrogens (tertiary/aromatic N) is 2. The Kier molecular flexibility index (Phi) is 5.27. The van der Waals surface area contributed by atoms with E-state index in [1.165, 1.54) is 17.3 Å². The first kappa shape index (κ1) is 19.7. The molecule has 0 unspecified atom stereocenters. The molecule has 0 atom stereocenters. The van der Waals surface area contributed by atoms with Crippen LogP contribution in [-0.2, 0) is 16.0 Å². The van der Waals surface area contributed by atoms with Crippen molar-refractivity contribution in [1.29, 1.82) is 0 Å². The monoisotopic (exact) mass is 405 g/mol. The topological polar surface area (TPSA) is 79.0 Å². The summed E-state index contributed by atoms with van der Waals surface area (Å²) in [5, 5.41) is 2.26. The Labute approximate surface area is 174 Å². The van der Waals surface area contributed by atoms with Gasteiger partial charge in [-0.15, -0.1) is 0 Å². The Morgan fingerprint density at radius 3 is 2.63 bits per heavy atom. The van der Waals surface area contributed by atoms with E-state index in [0.717, 1.165) is 30.0 Å². The molecule has 7 heteroatoms. The minimum absolute atomic E-state index is 0.0915. The number of barbiturate groups is 1. The summed E-state index contributed by atoms with van der Waals surface area (Å²) >= 11 is 0. The van der Waals surface area contributed by atoms with Crippen LogP contribution in [0.25, 0.3) is 6.08 Å². The number of anilines is 2. The number of para-hydroxylation sites is 2. The fourth-order valence-electron chi connectivity index (χ4n) is 3.87. The third kappa shape index (κ3) is 3.43. The number of rotatable bonds is 5. The highest BCUT2D eigenvalue weighted by molar-refractivity contribution is 6.39. The van der Waals surface area contributed by atoms with Crippen molar-refractivity contribution in [3.63, 3.8) is 0 Å². The number of carbonyl (C=O) groups is 3. The van der Waals surface area contributed by atoms with Crippen molar-refractivity contribution >= 4 is 35.3 Å². The molecule has 154 valence electrons. The van der Waals surface area contributed by atoms with Gasteiger partial charge < -0.3 is 9.64 Å². The van der Waals surface area contributed by atoms with E-state index in [2.05, 4.69) is 17.1 Å². The summed E-state index contributed by atoms with van der Waals surface area (Å²) in [6.45, 7) is 6.21. The van der Waals surface area contributed by atoms with Crippen LogP contribution in [0, 0.1) is 0 Å². The maximum absolute atomic E-state index is 13.2. The summed E-state index contributed by atoms with van der Waals surface area (Å²) in [6, 6.07) is 11.9. The van der Waals surface area contributed by atoms with Crippen LogP contribution in [-0.4, -0.2) is 37.5 Å². The van der Waals surface area contributed by atoms with E-state index in [4.69, 9.17) is 4.74 Å². The van der Waals surface area contributed by atoms with Crippen molar-refractivity contribution in [3.05, 3.63) is 59.2 Å². The Hall–Kier alpha value is -3.61. The van der Waals surface area contributed by atoms with Gasteiger partial charge in [-0.3, -0.25) is 14.9 Å². The predicted octanol–water partition coefficient (Wildman–Crippen LogP) is 3.13. The Bertz CT molecular complexity index is 1060. The standard InChI is InChI=1S/C23H23N3O4/c1-3-25-12-11-16-13-15(9-10-18(16)25)14-17-21(27)24-23(29)26(22(17)28)19-7-5-6-8-20(19)30-4-2/h5-10,13-14H,3-4,11-12H2,1-2H3,(H,24,27,29). The van der Waals surface area contributed by atoms with Crippen molar-refractivity contribution in [2.75, 3.05) is 29.5 Å². The fraction of sp³-hybridized carbons (Fsp3) is 0.261. The van der Waals surface area contributed by atoms with Gasteiger partial charge in [0.15, 0.2) is 0 Å². The second-order valence-electron chi connectivity index (χ2n) is 7.08. The summed E-state index contributed by atoms with van der Waals surface area (Å²) in [4.78, 5) is 41.3. The molecule has 1 saturated heterocycles. The first-order valence-corrected chi connectivity index (χ1v) is 10.0. The zero-order valence-electron chi connectivity index (χ0n) is 17.0. The van der Waals surface area contributed by atoms with Crippen molar-refractivity contribution in [2.24, 2.45) is 0 Å². The molecule has 0 bridgehead atoms. The Morgan fingerprint density at radius 1 is 1.07 bits per heavy atom. The molecule has 0 spiro atoms. The van der Waals surface area contributed by atoms with Crippen molar-refractivity contribution in [2.45, 2.75) is 20.3 Å². The number of carbonyl (C=O) groups excluding carboxylic acids is 3. The molecule has 1 fully saturated rings. The molecule has 2 aliphatic rings. The highest BCUT2D eigenvalue weighted by Crippen LogP contribution is 2.32. The van der Waals surface area contributed by atoms with Crippen LogP contribution in [0.5, 0.6) is 5.75 Å². The number of amides is 4. The summed E-state index contributed by atoms with van der Waals surface area (Å²) in [6.07, 6.45) is 2.46. The lowest BCUT2D eigenvalue weighted by Gasteiger charge is -2.27. The van der Waals surface area contributed by atoms with Crippen LogP contribution in [0.4, 0.5) is 16.2 Å². The zero-order valence-corrected chi connectivity index (χ0v) is 17.0. The number of hydrogen-bond acceptors (Lipinski definition) is 5. The number of fused-ring (bicyclic) bond motifs is 1. The lowest BCUT2D eigenvalue weighted by Crippen LogP contribution is -2.54. The quantitative estimate of drug-likeness (QED) is 0.611. The third-order valence-electron chi connectivity index (χ3n) is 5.30. The molecule has 2 aromatic rings.